The number of carbonyl (C=O) groups excluding carboxylic acids is 3. The van der Waals surface area contributed by atoms with Gasteiger partial charge in [-0.25, -0.2) is 0 Å². The minimum Gasteiger partial charge on any atom is -0.339 e. The van der Waals surface area contributed by atoms with E-state index < -0.39 is 29.1 Å². The summed E-state index contributed by atoms with van der Waals surface area (Å²) < 4.78 is -6.64. The van der Waals surface area contributed by atoms with Crippen LogP contribution >= 0.6 is 104 Å². The van der Waals surface area contributed by atoms with E-state index in [1.165, 1.54) is 4.90 Å². The van der Waals surface area contributed by atoms with Gasteiger partial charge in [0.25, 0.3) is 29.1 Å². The molecule has 0 radical (unpaired) electrons. The van der Waals surface area contributed by atoms with E-state index in [4.69, 9.17) is 104 Å². The molecule has 3 N–H and O–H groups in total. The second-order valence-electron chi connectivity index (χ2n) is 4.16. The number of alkyl halides is 9. The van der Waals surface area contributed by atoms with Gasteiger partial charge in [-0.15, -0.1) is 0 Å². The van der Waals surface area contributed by atoms with Crippen LogP contribution in [0.25, 0.3) is 0 Å². The molecule has 0 aliphatic carbocycles. The highest BCUT2D eigenvalue weighted by atomic mass is 35.6. The fourth-order valence-corrected chi connectivity index (χ4v) is 1.62. The Kier molecular flexibility index (Phi) is 10.9. The van der Waals surface area contributed by atoms with E-state index >= 15 is 0 Å². The third-order valence-electron chi connectivity index (χ3n) is 2.16. The van der Waals surface area contributed by atoms with Crippen LogP contribution in [0.5, 0.6) is 0 Å². The molecule has 0 unspecified atom stereocenters. The van der Waals surface area contributed by atoms with Gasteiger partial charge in [-0.05, 0) is 0 Å². The smallest absolute Gasteiger partial charge is 0.273 e. The van der Waals surface area contributed by atoms with Gasteiger partial charge in [-0.1, -0.05) is 104 Å². The van der Waals surface area contributed by atoms with Crippen LogP contribution in [0.1, 0.15) is 0 Å². The van der Waals surface area contributed by atoms with E-state index in [1.807, 2.05) is 0 Å². The number of amides is 3. The first-order valence-corrected chi connectivity index (χ1v) is 9.22. The van der Waals surface area contributed by atoms with Crippen molar-refractivity contribution < 1.29 is 14.4 Å². The van der Waals surface area contributed by atoms with Crippen LogP contribution in [0.4, 0.5) is 0 Å². The number of nitrogens with one attached hydrogen (secondary N) is 3. The molecule has 7 nitrogen and oxygen atoms in total. The van der Waals surface area contributed by atoms with Gasteiger partial charge in [0.1, 0.15) is 0 Å². The van der Waals surface area contributed by atoms with E-state index in [9.17, 15) is 14.4 Å². The van der Waals surface area contributed by atoms with Gasteiger partial charge in [0.15, 0.2) is 0 Å². The number of carbonyl (C=O) groups is 3. The standard InChI is InChI=1S/C9H9Cl9N4O3/c10-7(11,12)4(23)19-1-22(2-20-5(24)8(13,14)15)3-21-6(25)9(16,17)18/h1-3H2,(H,19,23)(H,20,24)(H,21,25). The minimum atomic E-state index is -2.21. The van der Waals surface area contributed by atoms with Crippen LogP contribution in [0, 0.1) is 0 Å². The van der Waals surface area contributed by atoms with E-state index in [2.05, 4.69) is 16.0 Å². The average Bonchev–Trinajstić information content (AvgIpc) is 2.42. The predicted molar refractivity (Wildman–Crippen MR) is 102 cm³/mol. The Labute approximate surface area is 187 Å². The van der Waals surface area contributed by atoms with Crippen molar-refractivity contribution >= 4 is 122 Å². The normalized spacial score (nSPS) is 12.7. The summed E-state index contributed by atoms with van der Waals surface area (Å²) in [6, 6.07) is 0. The van der Waals surface area contributed by atoms with Crippen molar-refractivity contribution in [2.75, 3.05) is 20.0 Å². The zero-order chi connectivity index (χ0) is 20.1. The van der Waals surface area contributed by atoms with Crippen LogP contribution in [0.3, 0.4) is 0 Å². The van der Waals surface area contributed by atoms with Crippen LogP contribution in [0.15, 0.2) is 0 Å². The first kappa shape index (κ1) is 26.0. The van der Waals surface area contributed by atoms with Crippen LogP contribution in [-0.2, 0) is 14.4 Å². The molecule has 0 fully saturated rings. The zero-order valence-corrected chi connectivity index (χ0v) is 18.5. The predicted octanol–water partition coefficient (Wildman–Crippen LogP) is 2.62. The van der Waals surface area contributed by atoms with Crippen molar-refractivity contribution in [2.24, 2.45) is 0 Å². The molecule has 0 aliphatic heterocycles. The maximum Gasteiger partial charge on any atom is 0.273 e. The molecule has 0 aliphatic rings. The summed E-state index contributed by atoms with van der Waals surface area (Å²) in [5.74, 6) is -2.87. The van der Waals surface area contributed by atoms with Crippen molar-refractivity contribution in [1.29, 1.82) is 0 Å². The van der Waals surface area contributed by atoms with E-state index in [0.29, 0.717) is 0 Å². The molecule has 146 valence electrons. The third kappa shape index (κ3) is 11.4. The highest BCUT2D eigenvalue weighted by Gasteiger charge is 2.33. The van der Waals surface area contributed by atoms with Crippen molar-refractivity contribution in [1.82, 2.24) is 20.9 Å². The Morgan fingerprint density at radius 1 is 0.560 bits per heavy atom. The van der Waals surface area contributed by atoms with Gasteiger partial charge in [-0.2, -0.15) is 0 Å². The lowest BCUT2D eigenvalue weighted by atomic mass is 10.6. The summed E-state index contributed by atoms with van der Waals surface area (Å²) in [5.41, 5.74) is 0. The lowest BCUT2D eigenvalue weighted by Gasteiger charge is -2.25. The summed E-state index contributed by atoms with van der Waals surface area (Å²) in [6.45, 7) is -0.854. The number of hydrogen-bond acceptors (Lipinski definition) is 4. The first-order chi connectivity index (χ1) is 11.0. The number of rotatable bonds is 6. The quantitative estimate of drug-likeness (QED) is 0.357. The molecule has 0 aromatic heterocycles. The molecule has 16 heteroatoms. The highest BCUT2D eigenvalue weighted by Crippen LogP contribution is 2.27. The molecule has 25 heavy (non-hydrogen) atoms. The second-order valence-corrected chi connectivity index (χ2v) is 11.0. The maximum atomic E-state index is 11.5. The SMILES string of the molecule is O=C(NCN(CNC(=O)C(Cl)(Cl)Cl)CNC(=O)C(Cl)(Cl)Cl)C(Cl)(Cl)Cl. The van der Waals surface area contributed by atoms with Gasteiger partial charge in [0, 0.05) is 0 Å². The molecule has 0 saturated heterocycles. The summed E-state index contributed by atoms with van der Waals surface area (Å²) in [5, 5.41) is 6.71. The van der Waals surface area contributed by atoms with Gasteiger partial charge < -0.3 is 16.0 Å². The summed E-state index contributed by atoms with van der Waals surface area (Å²) >= 11 is 48.6. The number of halogens is 9. The van der Waals surface area contributed by atoms with Gasteiger partial charge in [-0.3, -0.25) is 19.3 Å². The van der Waals surface area contributed by atoms with Gasteiger partial charge in [0.2, 0.25) is 0 Å². The lowest BCUT2D eigenvalue weighted by Crippen LogP contribution is -2.52. The van der Waals surface area contributed by atoms with Crippen molar-refractivity contribution in [3.05, 3.63) is 0 Å². The number of nitrogens with zero attached hydrogens (tertiary/aromatic N) is 1. The van der Waals surface area contributed by atoms with Gasteiger partial charge in [0.05, 0.1) is 20.0 Å². The Hall–Kier alpha value is 0.980. The van der Waals surface area contributed by atoms with Crippen LogP contribution in [-0.4, -0.2) is 54.0 Å². The fraction of sp³-hybridized carbons (Fsp3) is 0.667. The Morgan fingerprint density at radius 3 is 0.920 bits per heavy atom. The number of hydrogen-bond donors (Lipinski definition) is 3. The largest absolute Gasteiger partial charge is 0.339 e. The molecule has 0 aromatic rings. The topological polar surface area (TPSA) is 90.5 Å². The van der Waals surface area contributed by atoms with E-state index in [0.717, 1.165) is 0 Å². The molecule has 0 atom stereocenters. The molecule has 3 amide bonds. The molecule has 0 saturated carbocycles. The lowest BCUT2D eigenvalue weighted by molar-refractivity contribution is -0.121. The Balaban J connectivity index is 4.79. The van der Waals surface area contributed by atoms with E-state index in [-0.39, 0.29) is 20.0 Å². The Bertz CT molecular complexity index is 429. The summed E-state index contributed by atoms with van der Waals surface area (Å²) in [7, 11) is 0. The molecular weight excluding hydrogens is 531 g/mol. The molecule has 0 bridgehead atoms. The first-order valence-electron chi connectivity index (χ1n) is 5.82. The molecule has 0 aromatic carbocycles. The van der Waals surface area contributed by atoms with Crippen molar-refractivity contribution in [3.8, 4) is 0 Å². The molecular formula is C9H9Cl9N4O3. The maximum absolute atomic E-state index is 11.5. The van der Waals surface area contributed by atoms with Gasteiger partial charge >= 0.3 is 0 Å². The third-order valence-corrected chi connectivity index (χ3v) is 3.71. The minimum absolute atomic E-state index is 0.285. The molecule has 0 heterocycles. The summed E-state index contributed by atoms with van der Waals surface area (Å²) in [6.07, 6.45) is 0. The van der Waals surface area contributed by atoms with E-state index in [1.54, 1.807) is 0 Å². The van der Waals surface area contributed by atoms with Crippen LogP contribution < -0.4 is 16.0 Å². The second kappa shape index (κ2) is 10.5. The van der Waals surface area contributed by atoms with Crippen molar-refractivity contribution in [3.63, 3.8) is 0 Å². The monoisotopic (exact) mass is 536 g/mol. The average molecular weight is 540 g/mol. The molecule has 0 spiro atoms. The molecule has 0 rings (SSSR count). The highest BCUT2D eigenvalue weighted by molar-refractivity contribution is 6.77. The summed E-state index contributed by atoms with van der Waals surface area (Å²) in [4.78, 5) is 35.8. The van der Waals surface area contributed by atoms with Crippen LogP contribution in [0.2, 0.25) is 0 Å². The van der Waals surface area contributed by atoms with Crippen molar-refractivity contribution in [2.45, 2.75) is 11.4 Å². The zero-order valence-electron chi connectivity index (χ0n) is 11.7. The Morgan fingerprint density at radius 2 is 0.760 bits per heavy atom. The fourth-order valence-electron chi connectivity index (χ4n) is 1.02.